The maximum atomic E-state index is 12.1. The minimum absolute atomic E-state index is 0.0416. The third kappa shape index (κ3) is 2.80. The van der Waals surface area contributed by atoms with Crippen LogP contribution in [0.4, 0.5) is 5.69 Å². The molecule has 7 nitrogen and oxygen atoms in total. The normalized spacial score (nSPS) is 11.3. The van der Waals surface area contributed by atoms with Crippen molar-refractivity contribution in [2.24, 2.45) is 7.05 Å². The first-order chi connectivity index (χ1) is 9.29. The van der Waals surface area contributed by atoms with Gasteiger partial charge in [0.2, 0.25) is 0 Å². The van der Waals surface area contributed by atoms with Gasteiger partial charge in [-0.1, -0.05) is 0 Å². The van der Waals surface area contributed by atoms with E-state index in [1.165, 1.54) is 35.3 Å². The second kappa shape index (κ2) is 4.97. The molecule has 0 radical (unpaired) electrons. The standard InChI is InChI=1S/C12H13N3O4S/c1-8-5-9(3-4-11(8)12(16)17)14-20(18,19)10-6-13-15(2)7-10/h3-7,14H,1-2H3,(H,16,17). The molecule has 2 N–H and O–H groups in total. The predicted molar refractivity (Wildman–Crippen MR) is 72.2 cm³/mol. The van der Waals surface area contributed by atoms with Crippen LogP contribution in [0, 0.1) is 6.92 Å². The number of nitrogens with zero attached hydrogens (tertiary/aromatic N) is 2. The van der Waals surface area contributed by atoms with Crippen molar-refractivity contribution in [2.75, 3.05) is 4.72 Å². The summed E-state index contributed by atoms with van der Waals surface area (Å²) in [5, 5.41) is 12.7. The maximum Gasteiger partial charge on any atom is 0.335 e. The highest BCUT2D eigenvalue weighted by molar-refractivity contribution is 7.92. The summed E-state index contributed by atoms with van der Waals surface area (Å²) in [6.45, 7) is 1.60. The first kappa shape index (κ1) is 14.1. The average Bonchev–Trinajstić information content (AvgIpc) is 2.75. The van der Waals surface area contributed by atoms with Gasteiger partial charge < -0.3 is 5.11 Å². The smallest absolute Gasteiger partial charge is 0.335 e. The number of carboxylic acids is 1. The molecule has 0 saturated heterocycles. The second-order valence-corrected chi connectivity index (χ2v) is 5.97. The van der Waals surface area contributed by atoms with E-state index in [0.29, 0.717) is 11.3 Å². The predicted octanol–water partition coefficient (Wildman–Crippen LogP) is 1.23. The quantitative estimate of drug-likeness (QED) is 0.883. The number of aromatic carboxylic acids is 1. The zero-order valence-corrected chi connectivity index (χ0v) is 11.7. The van der Waals surface area contributed by atoms with Gasteiger partial charge in [0.1, 0.15) is 4.90 Å². The summed E-state index contributed by atoms with van der Waals surface area (Å²) in [5.74, 6) is -1.05. The molecule has 0 aliphatic rings. The molecule has 1 aromatic carbocycles. The van der Waals surface area contributed by atoms with Crippen molar-refractivity contribution >= 4 is 21.7 Å². The Labute approximate surface area is 115 Å². The number of hydrogen-bond acceptors (Lipinski definition) is 4. The van der Waals surface area contributed by atoms with Gasteiger partial charge in [0.05, 0.1) is 11.8 Å². The Morgan fingerprint density at radius 2 is 2.10 bits per heavy atom. The molecule has 0 amide bonds. The lowest BCUT2D eigenvalue weighted by Gasteiger charge is -2.08. The van der Waals surface area contributed by atoms with Gasteiger partial charge in [0, 0.05) is 18.9 Å². The van der Waals surface area contributed by atoms with E-state index in [-0.39, 0.29) is 10.5 Å². The van der Waals surface area contributed by atoms with Crippen molar-refractivity contribution in [3.8, 4) is 0 Å². The molecule has 0 spiro atoms. The lowest BCUT2D eigenvalue weighted by molar-refractivity contribution is 0.0696. The minimum atomic E-state index is -3.72. The molecule has 2 aromatic rings. The van der Waals surface area contributed by atoms with Crippen LogP contribution in [-0.4, -0.2) is 29.3 Å². The largest absolute Gasteiger partial charge is 0.478 e. The number of rotatable bonds is 4. The Kier molecular flexibility index (Phi) is 3.49. The molecule has 0 aliphatic heterocycles. The monoisotopic (exact) mass is 295 g/mol. The van der Waals surface area contributed by atoms with Crippen molar-refractivity contribution in [2.45, 2.75) is 11.8 Å². The minimum Gasteiger partial charge on any atom is -0.478 e. The number of benzene rings is 1. The van der Waals surface area contributed by atoms with E-state index < -0.39 is 16.0 Å². The molecule has 20 heavy (non-hydrogen) atoms. The number of aromatic nitrogens is 2. The lowest BCUT2D eigenvalue weighted by Crippen LogP contribution is -2.13. The summed E-state index contributed by atoms with van der Waals surface area (Å²) in [4.78, 5) is 10.9. The van der Waals surface area contributed by atoms with Crippen LogP contribution in [0.2, 0.25) is 0 Å². The van der Waals surface area contributed by atoms with Crippen LogP contribution >= 0.6 is 0 Å². The number of anilines is 1. The Bertz CT molecular complexity index is 765. The zero-order valence-electron chi connectivity index (χ0n) is 10.9. The molecule has 2 rings (SSSR count). The summed E-state index contributed by atoms with van der Waals surface area (Å²) in [6, 6.07) is 4.24. The summed E-state index contributed by atoms with van der Waals surface area (Å²) in [5.41, 5.74) is 0.912. The molecule has 0 bridgehead atoms. The van der Waals surface area contributed by atoms with Gasteiger partial charge in [-0.2, -0.15) is 5.10 Å². The molecule has 0 saturated carbocycles. The second-order valence-electron chi connectivity index (χ2n) is 4.29. The molecule has 0 fully saturated rings. The first-order valence-corrected chi connectivity index (χ1v) is 7.13. The molecular formula is C12H13N3O4S. The average molecular weight is 295 g/mol. The Balaban J connectivity index is 2.30. The van der Waals surface area contributed by atoms with E-state index in [4.69, 9.17) is 5.11 Å². The molecule has 0 atom stereocenters. The summed E-state index contributed by atoms with van der Waals surface area (Å²) in [7, 11) is -2.11. The highest BCUT2D eigenvalue weighted by atomic mass is 32.2. The molecule has 1 heterocycles. The Morgan fingerprint density at radius 3 is 2.60 bits per heavy atom. The van der Waals surface area contributed by atoms with Gasteiger partial charge in [0.15, 0.2) is 0 Å². The molecule has 106 valence electrons. The van der Waals surface area contributed by atoms with Crippen LogP contribution < -0.4 is 4.72 Å². The van der Waals surface area contributed by atoms with Crippen LogP contribution in [0.3, 0.4) is 0 Å². The number of carbonyl (C=O) groups is 1. The lowest BCUT2D eigenvalue weighted by atomic mass is 10.1. The fraction of sp³-hybridized carbons (Fsp3) is 0.167. The SMILES string of the molecule is Cc1cc(NS(=O)(=O)c2cnn(C)c2)ccc1C(=O)O. The van der Waals surface area contributed by atoms with E-state index >= 15 is 0 Å². The van der Waals surface area contributed by atoms with Crippen molar-refractivity contribution in [3.63, 3.8) is 0 Å². The maximum absolute atomic E-state index is 12.1. The number of aryl methyl sites for hydroxylation is 2. The van der Waals surface area contributed by atoms with E-state index in [1.807, 2.05) is 0 Å². The topological polar surface area (TPSA) is 101 Å². The van der Waals surface area contributed by atoms with E-state index in [9.17, 15) is 13.2 Å². The van der Waals surface area contributed by atoms with Gasteiger partial charge in [-0.25, -0.2) is 13.2 Å². The van der Waals surface area contributed by atoms with Gasteiger partial charge in [0.25, 0.3) is 10.0 Å². The van der Waals surface area contributed by atoms with Crippen molar-refractivity contribution in [1.82, 2.24) is 9.78 Å². The number of carboxylic acid groups (broad SMARTS) is 1. The third-order valence-corrected chi connectivity index (χ3v) is 4.04. The number of sulfonamides is 1. The summed E-state index contributed by atoms with van der Waals surface area (Å²) >= 11 is 0. The highest BCUT2D eigenvalue weighted by Crippen LogP contribution is 2.19. The molecule has 1 aromatic heterocycles. The van der Waals surface area contributed by atoms with Crippen LogP contribution in [0.1, 0.15) is 15.9 Å². The van der Waals surface area contributed by atoms with E-state index in [0.717, 1.165) is 0 Å². The van der Waals surface area contributed by atoms with Crippen molar-refractivity contribution in [1.29, 1.82) is 0 Å². The van der Waals surface area contributed by atoms with Gasteiger partial charge in [-0.15, -0.1) is 0 Å². The molecule has 0 unspecified atom stereocenters. The Hall–Kier alpha value is -2.35. The van der Waals surface area contributed by atoms with Gasteiger partial charge >= 0.3 is 5.97 Å². The number of nitrogens with one attached hydrogen (secondary N) is 1. The number of hydrogen-bond donors (Lipinski definition) is 2. The van der Waals surface area contributed by atoms with E-state index in [1.54, 1.807) is 14.0 Å². The molecule has 0 aliphatic carbocycles. The van der Waals surface area contributed by atoms with Crippen molar-refractivity contribution in [3.05, 3.63) is 41.7 Å². The molecular weight excluding hydrogens is 282 g/mol. The summed E-state index contributed by atoms with van der Waals surface area (Å²) < 4.78 is 27.9. The fourth-order valence-corrected chi connectivity index (χ4v) is 2.75. The van der Waals surface area contributed by atoms with Crippen molar-refractivity contribution < 1.29 is 18.3 Å². The van der Waals surface area contributed by atoms with Gasteiger partial charge in [-0.05, 0) is 30.7 Å². The molecule has 8 heteroatoms. The van der Waals surface area contributed by atoms with E-state index in [2.05, 4.69) is 9.82 Å². The van der Waals surface area contributed by atoms with Crippen LogP contribution in [0.25, 0.3) is 0 Å². The third-order valence-electron chi connectivity index (χ3n) is 2.70. The fourth-order valence-electron chi connectivity index (χ4n) is 1.72. The highest BCUT2D eigenvalue weighted by Gasteiger charge is 2.17. The Morgan fingerprint density at radius 1 is 1.40 bits per heavy atom. The first-order valence-electron chi connectivity index (χ1n) is 5.65. The zero-order chi connectivity index (χ0) is 14.9. The van der Waals surface area contributed by atoms with Crippen LogP contribution in [0.5, 0.6) is 0 Å². The van der Waals surface area contributed by atoms with Crippen LogP contribution in [0.15, 0.2) is 35.5 Å². The van der Waals surface area contributed by atoms with Crippen LogP contribution in [-0.2, 0) is 17.1 Å². The van der Waals surface area contributed by atoms with Gasteiger partial charge in [-0.3, -0.25) is 9.40 Å². The summed E-state index contributed by atoms with van der Waals surface area (Å²) in [6.07, 6.45) is 2.61.